The Morgan fingerprint density at radius 2 is 1.69 bits per heavy atom. The lowest BCUT2D eigenvalue weighted by Gasteiger charge is -2.13. The zero-order valence-electron chi connectivity index (χ0n) is 18.6. The molecular weight excluding hydrogens is 548 g/mol. The second-order valence-electron chi connectivity index (χ2n) is 6.98. The minimum Gasteiger partial charge on any atom is -0.412 e. The smallest absolute Gasteiger partial charge is 0.412 e. The van der Waals surface area contributed by atoms with Crippen LogP contribution >= 0.6 is 23.2 Å². The number of aryl methyl sites for hydroxylation is 1. The molecular formula is C21H19Cl2F3N4O5S. The number of nitrogens with zero attached hydrogens (tertiary/aromatic N) is 3. The van der Waals surface area contributed by atoms with Gasteiger partial charge in [0.2, 0.25) is 0 Å². The summed E-state index contributed by atoms with van der Waals surface area (Å²) < 4.78 is 68.8. The van der Waals surface area contributed by atoms with Crippen LogP contribution in [0.25, 0.3) is 5.69 Å². The number of nitriles is 1. The number of alkyl halides is 3. The van der Waals surface area contributed by atoms with Crippen molar-refractivity contribution >= 4 is 44.9 Å². The molecule has 0 aliphatic carbocycles. The number of benzene rings is 2. The van der Waals surface area contributed by atoms with Crippen LogP contribution in [0.15, 0.2) is 41.3 Å². The summed E-state index contributed by atoms with van der Waals surface area (Å²) >= 11 is 11.8. The molecule has 0 unspecified atom stereocenters. The van der Waals surface area contributed by atoms with Gasteiger partial charge in [-0.1, -0.05) is 47.8 Å². The molecule has 3 rings (SSSR count). The molecule has 3 aromatic rings. The molecule has 0 aliphatic rings. The van der Waals surface area contributed by atoms with E-state index < -0.39 is 27.6 Å². The highest BCUT2D eigenvalue weighted by Crippen LogP contribution is 2.38. The standard InChI is InChI=1S/C14H9Cl2F3N4O.C7H8O3S.H2O/c1-2-10(24)11-9(5-20)22-23(13(11)21)12-7(15)3-6(4-8(12)16)14(17,18)19;1-6-2-4-7(5-3-6)11(8,9)10;/h3-4H,2,21H2,1H3;2-5H,1H3,(H,8,9,10);1H2. The van der Waals surface area contributed by atoms with Crippen molar-refractivity contribution in [3.05, 3.63) is 68.8 Å². The van der Waals surface area contributed by atoms with E-state index in [0.717, 1.165) is 10.2 Å². The van der Waals surface area contributed by atoms with E-state index in [1.54, 1.807) is 25.1 Å². The fourth-order valence-electron chi connectivity index (χ4n) is 2.77. The average molecular weight is 567 g/mol. The molecule has 0 saturated heterocycles. The summed E-state index contributed by atoms with van der Waals surface area (Å²) in [5.74, 6) is -0.656. The Morgan fingerprint density at radius 1 is 1.19 bits per heavy atom. The van der Waals surface area contributed by atoms with Gasteiger partial charge in [-0.2, -0.15) is 31.9 Å². The summed E-state index contributed by atoms with van der Waals surface area (Å²) in [6.07, 6.45) is -4.57. The van der Waals surface area contributed by atoms with E-state index in [-0.39, 0.29) is 49.6 Å². The first-order chi connectivity index (χ1) is 16.1. The Balaban J connectivity index is 0.000000454. The van der Waals surface area contributed by atoms with E-state index in [1.807, 2.05) is 6.92 Å². The topological polar surface area (TPSA) is 171 Å². The highest BCUT2D eigenvalue weighted by Gasteiger charge is 2.33. The first-order valence-corrected chi connectivity index (χ1v) is 11.7. The molecule has 1 heterocycles. The van der Waals surface area contributed by atoms with Crippen molar-refractivity contribution in [2.75, 3.05) is 5.73 Å². The third kappa shape index (κ3) is 6.96. The second-order valence-corrected chi connectivity index (χ2v) is 9.22. The fourth-order valence-corrected chi connectivity index (χ4v) is 3.90. The third-order valence-corrected chi connectivity index (χ3v) is 5.95. The summed E-state index contributed by atoms with van der Waals surface area (Å²) in [5, 5.41) is 12.2. The van der Waals surface area contributed by atoms with Gasteiger partial charge in [-0.15, -0.1) is 0 Å². The van der Waals surface area contributed by atoms with Crippen LogP contribution in [0.2, 0.25) is 10.0 Å². The maximum atomic E-state index is 12.8. The molecule has 9 nitrogen and oxygen atoms in total. The minimum absolute atomic E-state index is 0. The Bertz CT molecular complexity index is 1390. The average Bonchev–Trinajstić information content (AvgIpc) is 3.08. The Labute approximate surface area is 213 Å². The van der Waals surface area contributed by atoms with Gasteiger partial charge in [0.1, 0.15) is 17.6 Å². The van der Waals surface area contributed by atoms with Crippen LogP contribution in [-0.2, 0) is 16.3 Å². The predicted molar refractivity (Wildman–Crippen MR) is 127 cm³/mol. The lowest BCUT2D eigenvalue weighted by atomic mass is 10.1. The van der Waals surface area contributed by atoms with Gasteiger partial charge in [-0.3, -0.25) is 9.35 Å². The van der Waals surface area contributed by atoms with Crippen molar-refractivity contribution in [3.63, 3.8) is 0 Å². The van der Waals surface area contributed by atoms with E-state index >= 15 is 0 Å². The zero-order chi connectivity index (χ0) is 26.7. The van der Waals surface area contributed by atoms with Crippen LogP contribution in [0.5, 0.6) is 0 Å². The molecule has 0 radical (unpaired) electrons. The summed E-state index contributed by atoms with van der Waals surface area (Å²) in [7, 11) is -4.02. The van der Waals surface area contributed by atoms with Crippen molar-refractivity contribution in [1.29, 1.82) is 5.26 Å². The van der Waals surface area contributed by atoms with E-state index in [9.17, 15) is 26.4 Å². The fraction of sp³-hybridized carbons (Fsp3) is 0.190. The Morgan fingerprint density at radius 3 is 2.08 bits per heavy atom. The van der Waals surface area contributed by atoms with Crippen molar-refractivity contribution < 1.29 is 36.4 Å². The van der Waals surface area contributed by atoms with Gasteiger partial charge in [0.15, 0.2) is 11.5 Å². The molecule has 5 N–H and O–H groups in total. The number of carbonyl (C=O) groups excluding carboxylic acids is 1. The van der Waals surface area contributed by atoms with Gasteiger partial charge in [0, 0.05) is 6.42 Å². The molecule has 0 aliphatic heterocycles. The number of nitrogen functional groups attached to an aromatic ring is 1. The third-order valence-electron chi connectivity index (χ3n) is 4.50. The quantitative estimate of drug-likeness (QED) is 0.341. The minimum atomic E-state index is -4.64. The maximum absolute atomic E-state index is 12.8. The van der Waals surface area contributed by atoms with Gasteiger partial charge < -0.3 is 11.2 Å². The summed E-state index contributed by atoms with van der Waals surface area (Å²) in [6, 6.07) is 9.03. The van der Waals surface area contributed by atoms with Crippen molar-refractivity contribution in [2.45, 2.75) is 31.3 Å². The highest BCUT2D eigenvalue weighted by molar-refractivity contribution is 7.85. The Kier molecular flexibility index (Phi) is 10.1. The number of ketones is 1. The number of carbonyl (C=O) groups is 1. The van der Waals surface area contributed by atoms with Crippen LogP contribution in [0.3, 0.4) is 0 Å². The van der Waals surface area contributed by atoms with Gasteiger partial charge >= 0.3 is 6.18 Å². The number of hydrogen-bond donors (Lipinski definition) is 2. The van der Waals surface area contributed by atoms with Crippen LogP contribution in [0.1, 0.15) is 40.5 Å². The van der Waals surface area contributed by atoms with E-state index in [4.69, 9.17) is 38.8 Å². The number of nitrogens with two attached hydrogens (primary N) is 1. The van der Waals surface area contributed by atoms with E-state index in [2.05, 4.69) is 5.10 Å². The van der Waals surface area contributed by atoms with Crippen LogP contribution in [0.4, 0.5) is 19.0 Å². The number of Topliss-reactive ketones (excluding diaryl/α,β-unsaturated/α-hetero) is 1. The number of halogens is 5. The molecule has 0 fully saturated rings. The van der Waals surface area contributed by atoms with Gasteiger partial charge in [0.25, 0.3) is 10.1 Å². The first kappa shape index (κ1) is 30.9. The number of hydrogen-bond acceptors (Lipinski definition) is 6. The summed E-state index contributed by atoms with van der Waals surface area (Å²) in [5.41, 5.74) is 5.23. The highest BCUT2D eigenvalue weighted by atomic mass is 35.5. The number of rotatable bonds is 4. The maximum Gasteiger partial charge on any atom is 0.416 e. The van der Waals surface area contributed by atoms with Gasteiger partial charge in [-0.25, -0.2) is 4.68 Å². The van der Waals surface area contributed by atoms with E-state index in [1.165, 1.54) is 12.1 Å². The van der Waals surface area contributed by atoms with Crippen LogP contribution in [0, 0.1) is 18.3 Å². The molecule has 36 heavy (non-hydrogen) atoms. The molecule has 194 valence electrons. The molecule has 2 aromatic carbocycles. The molecule has 0 atom stereocenters. The van der Waals surface area contributed by atoms with Gasteiger partial charge in [0.05, 0.1) is 26.1 Å². The molecule has 0 bridgehead atoms. The summed E-state index contributed by atoms with van der Waals surface area (Å²) in [4.78, 5) is 11.8. The van der Waals surface area contributed by atoms with Gasteiger partial charge in [-0.05, 0) is 31.2 Å². The lowest BCUT2D eigenvalue weighted by Crippen LogP contribution is -2.09. The van der Waals surface area contributed by atoms with Crippen molar-refractivity contribution in [3.8, 4) is 11.8 Å². The summed E-state index contributed by atoms with van der Waals surface area (Å²) in [6.45, 7) is 3.41. The molecule has 0 amide bonds. The largest absolute Gasteiger partial charge is 0.416 e. The normalized spacial score (nSPS) is 11.1. The van der Waals surface area contributed by atoms with Crippen molar-refractivity contribution in [1.82, 2.24) is 9.78 Å². The SMILES string of the molecule is CCC(=O)c1c(C#N)nn(-c2c(Cl)cc(C(F)(F)F)cc2Cl)c1N.Cc1ccc(S(=O)(=O)O)cc1.O. The molecule has 1 aromatic heterocycles. The lowest BCUT2D eigenvalue weighted by molar-refractivity contribution is -0.137. The number of anilines is 1. The second kappa shape index (κ2) is 11.7. The first-order valence-electron chi connectivity index (χ1n) is 9.54. The predicted octanol–water partition coefficient (Wildman–Crippen LogP) is 4.66. The van der Waals surface area contributed by atoms with Crippen LogP contribution < -0.4 is 5.73 Å². The van der Waals surface area contributed by atoms with Crippen LogP contribution in [-0.4, -0.2) is 34.0 Å². The molecule has 0 spiro atoms. The molecule has 0 saturated carbocycles. The molecule has 15 heteroatoms. The van der Waals surface area contributed by atoms with Crippen molar-refractivity contribution in [2.24, 2.45) is 0 Å². The van der Waals surface area contributed by atoms with E-state index in [0.29, 0.717) is 12.1 Å². The number of aromatic nitrogens is 2. The monoisotopic (exact) mass is 566 g/mol. The Hall–Kier alpha value is -3.15. The zero-order valence-corrected chi connectivity index (χ0v) is 20.9.